The lowest BCUT2D eigenvalue weighted by Crippen LogP contribution is -2.03. The summed E-state index contributed by atoms with van der Waals surface area (Å²) >= 11 is 0. The van der Waals surface area contributed by atoms with Crippen LogP contribution < -0.4 is 0 Å². The highest BCUT2D eigenvalue weighted by molar-refractivity contribution is 6.30. The van der Waals surface area contributed by atoms with Gasteiger partial charge in [-0.05, 0) is 35.4 Å². The lowest BCUT2D eigenvalue weighted by Gasteiger charge is -2.13. The smallest absolute Gasteiger partial charge is 0.180 e. The summed E-state index contributed by atoms with van der Waals surface area (Å²) in [5.74, 6) is -10.6. The minimum atomic E-state index is -1.94. The van der Waals surface area contributed by atoms with Gasteiger partial charge in [-0.15, -0.1) is 0 Å². The molecule has 0 atom stereocenters. The Morgan fingerprint density at radius 3 is 1.02 bits per heavy atom. The van der Waals surface area contributed by atoms with Crippen LogP contribution in [-0.2, 0) is 0 Å². The van der Waals surface area contributed by atoms with E-state index in [1.807, 2.05) is 0 Å². The molecule has 48 heavy (non-hydrogen) atoms. The third-order valence-corrected chi connectivity index (χ3v) is 7.49. The lowest BCUT2D eigenvalue weighted by molar-refractivity contribution is 0.489. The summed E-state index contributed by atoms with van der Waals surface area (Å²) in [5.41, 5.74) is -10.9. The number of nitriles is 8. The number of halogens is 6. The van der Waals surface area contributed by atoms with Gasteiger partial charge in [-0.1, -0.05) is 0 Å². The van der Waals surface area contributed by atoms with E-state index >= 15 is 8.78 Å². The Bertz CT molecular complexity index is 2400. The normalized spacial score (nSPS) is 12.4. The van der Waals surface area contributed by atoms with Gasteiger partial charge in [-0.3, -0.25) is 0 Å². The molecule has 2 aliphatic carbocycles. The number of hydrogen-bond donors (Lipinski definition) is 0. The van der Waals surface area contributed by atoms with Crippen LogP contribution in [0.2, 0.25) is 0 Å². The Hall–Kier alpha value is -7.88. The fraction of sp³-hybridized carbons (Fsp3) is 0. The van der Waals surface area contributed by atoms with E-state index in [0.29, 0.717) is 12.1 Å². The van der Waals surface area contributed by atoms with Crippen LogP contribution in [0.4, 0.5) is 26.3 Å². The second kappa shape index (κ2) is 11.6. The van der Waals surface area contributed by atoms with Gasteiger partial charge in [0.1, 0.15) is 82.5 Å². The van der Waals surface area contributed by atoms with Crippen LogP contribution in [0.3, 0.4) is 0 Å². The van der Waals surface area contributed by atoms with Gasteiger partial charge in [0.2, 0.25) is 0 Å². The summed E-state index contributed by atoms with van der Waals surface area (Å²) in [7, 11) is 0. The molecule has 0 spiro atoms. The molecule has 0 fully saturated rings. The van der Waals surface area contributed by atoms with Crippen LogP contribution in [0.5, 0.6) is 0 Å². The molecule has 0 amide bonds. The first-order valence-corrected chi connectivity index (χ1v) is 12.7. The molecule has 0 radical (unpaired) electrons. The van der Waals surface area contributed by atoms with Gasteiger partial charge in [0.05, 0.1) is 11.1 Å². The van der Waals surface area contributed by atoms with E-state index < -0.39 is 102 Å². The number of fused-ring (bicyclic) bond motifs is 2. The third-order valence-electron chi connectivity index (χ3n) is 7.49. The SMILES string of the molecule is N#CC(C#N)=C1C(c2cc(F)c(C#N)c(F)c2F)=C(C#N)c2cc3c(cc21)C(=C(C#N)C#N)C(c1cc(F)c(C#N)c(F)c1F)=C3C#N. The number of benzene rings is 3. The van der Waals surface area contributed by atoms with Crippen LogP contribution >= 0.6 is 0 Å². The first-order valence-electron chi connectivity index (χ1n) is 12.7. The monoisotopic (exact) mass is 638 g/mol. The van der Waals surface area contributed by atoms with Gasteiger partial charge in [0.15, 0.2) is 23.3 Å². The first-order chi connectivity index (χ1) is 23.0. The highest BCUT2D eigenvalue weighted by Gasteiger charge is 2.39. The third kappa shape index (κ3) is 4.18. The predicted molar refractivity (Wildman–Crippen MR) is 150 cm³/mol. The molecule has 8 nitrogen and oxygen atoms in total. The molecule has 0 aromatic heterocycles. The van der Waals surface area contributed by atoms with Gasteiger partial charge in [0, 0.05) is 44.5 Å². The summed E-state index contributed by atoms with van der Waals surface area (Å²) in [5, 5.41) is 77.7. The molecule has 0 aliphatic heterocycles. The van der Waals surface area contributed by atoms with E-state index in [-0.39, 0.29) is 22.3 Å². The van der Waals surface area contributed by atoms with Crippen molar-refractivity contribution < 1.29 is 26.3 Å². The largest absolute Gasteiger partial charge is 0.205 e. The molecule has 0 heterocycles. The zero-order valence-electron chi connectivity index (χ0n) is 23.2. The van der Waals surface area contributed by atoms with Gasteiger partial charge in [0.25, 0.3) is 0 Å². The second-order valence-electron chi connectivity index (χ2n) is 9.66. The predicted octanol–water partition coefficient (Wildman–Crippen LogP) is 6.76. The maximum atomic E-state index is 15.4. The minimum Gasteiger partial charge on any atom is -0.205 e. The van der Waals surface area contributed by atoms with Crippen LogP contribution in [0, 0.1) is 126 Å². The average Bonchev–Trinajstić information content (AvgIpc) is 3.56. The van der Waals surface area contributed by atoms with Crippen LogP contribution in [0.1, 0.15) is 44.5 Å². The Morgan fingerprint density at radius 1 is 0.396 bits per heavy atom. The number of nitrogens with zero attached hydrogens (tertiary/aromatic N) is 8. The van der Waals surface area contributed by atoms with Crippen molar-refractivity contribution in [2.24, 2.45) is 0 Å². The molecular formula is C34H4F6N8. The summed E-state index contributed by atoms with van der Waals surface area (Å²) in [6.07, 6.45) is 0. The minimum absolute atomic E-state index is 0.268. The van der Waals surface area contributed by atoms with Crippen molar-refractivity contribution in [1.82, 2.24) is 0 Å². The highest BCUT2D eigenvalue weighted by atomic mass is 19.2. The quantitative estimate of drug-likeness (QED) is 0.167. The van der Waals surface area contributed by atoms with Crippen molar-refractivity contribution >= 4 is 33.4 Å². The molecule has 0 bridgehead atoms. The van der Waals surface area contributed by atoms with Gasteiger partial charge >= 0.3 is 0 Å². The average molecular weight is 638 g/mol. The number of rotatable bonds is 2. The van der Waals surface area contributed by atoms with Crippen molar-refractivity contribution in [2.75, 3.05) is 0 Å². The molecule has 3 aromatic carbocycles. The highest BCUT2D eigenvalue weighted by Crippen LogP contribution is 2.55. The Labute approximate surface area is 265 Å². The van der Waals surface area contributed by atoms with Crippen molar-refractivity contribution in [1.29, 1.82) is 42.1 Å². The van der Waals surface area contributed by atoms with Crippen molar-refractivity contribution in [3.63, 3.8) is 0 Å². The molecule has 0 N–H and O–H groups in total. The summed E-state index contributed by atoms with van der Waals surface area (Å²) < 4.78 is 89.8. The Balaban J connectivity index is 1.99. The van der Waals surface area contributed by atoms with E-state index in [1.165, 1.54) is 24.3 Å². The molecule has 0 saturated heterocycles. The summed E-state index contributed by atoms with van der Waals surface area (Å²) in [6, 6.07) is 14.6. The van der Waals surface area contributed by atoms with Crippen molar-refractivity contribution in [3.8, 4) is 48.6 Å². The molecule has 222 valence electrons. The van der Waals surface area contributed by atoms with Crippen molar-refractivity contribution in [3.05, 3.63) is 115 Å². The van der Waals surface area contributed by atoms with Crippen LogP contribution in [0.25, 0.3) is 33.4 Å². The van der Waals surface area contributed by atoms with E-state index in [2.05, 4.69) is 0 Å². The zero-order valence-corrected chi connectivity index (χ0v) is 23.2. The molecule has 2 aliphatic rings. The second-order valence-corrected chi connectivity index (χ2v) is 9.66. The fourth-order valence-corrected chi connectivity index (χ4v) is 5.54. The zero-order chi connectivity index (χ0) is 35.2. The van der Waals surface area contributed by atoms with Gasteiger partial charge < -0.3 is 0 Å². The molecule has 14 heteroatoms. The Morgan fingerprint density at radius 2 is 0.729 bits per heavy atom. The van der Waals surface area contributed by atoms with E-state index in [1.54, 1.807) is 12.1 Å². The first kappa shape index (κ1) is 31.5. The number of allylic oxidation sites excluding steroid dienone is 8. The topological polar surface area (TPSA) is 190 Å². The molecule has 5 rings (SSSR count). The molecular weight excluding hydrogens is 634 g/mol. The van der Waals surface area contributed by atoms with Crippen molar-refractivity contribution in [2.45, 2.75) is 0 Å². The lowest BCUT2D eigenvalue weighted by atomic mass is 9.88. The maximum Gasteiger partial charge on any atom is 0.180 e. The molecule has 0 saturated carbocycles. The molecule has 0 unspecified atom stereocenters. The van der Waals surface area contributed by atoms with Crippen LogP contribution in [0.15, 0.2) is 35.4 Å². The van der Waals surface area contributed by atoms with Gasteiger partial charge in [-0.25, -0.2) is 26.3 Å². The number of hydrogen-bond acceptors (Lipinski definition) is 8. The summed E-state index contributed by atoms with van der Waals surface area (Å²) in [4.78, 5) is 0. The Kier molecular flexibility index (Phi) is 7.60. The van der Waals surface area contributed by atoms with E-state index in [4.69, 9.17) is 10.5 Å². The van der Waals surface area contributed by atoms with E-state index in [0.717, 1.165) is 24.3 Å². The maximum absolute atomic E-state index is 15.4. The van der Waals surface area contributed by atoms with Gasteiger partial charge in [-0.2, -0.15) is 42.1 Å². The standard InChI is InChI=1S/C34H4F6N8/c35-25-3-19(31(37)33(39)23(25)11-47)29-21(9-45)15-1-16-18(2-17(15)27(29)13(5-41)6-42)28(14(7-43)8-44)30(22(16)10-46)20-4-26(36)24(12-48)34(40)32(20)38/h1-4H. The fourth-order valence-electron chi connectivity index (χ4n) is 5.54. The molecule has 3 aromatic rings. The van der Waals surface area contributed by atoms with Crippen LogP contribution in [-0.4, -0.2) is 0 Å². The summed E-state index contributed by atoms with van der Waals surface area (Å²) in [6.45, 7) is 0. The van der Waals surface area contributed by atoms with E-state index in [9.17, 15) is 49.1 Å².